The topological polar surface area (TPSA) is 21.3 Å². The largest absolute Gasteiger partial charge is 0.490 e. The van der Waals surface area contributed by atoms with Gasteiger partial charge < -0.3 is 10.1 Å². The van der Waals surface area contributed by atoms with Gasteiger partial charge in [-0.05, 0) is 56.8 Å². The highest BCUT2D eigenvalue weighted by Crippen LogP contribution is 2.32. The zero-order valence-electron chi connectivity index (χ0n) is 11.9. The van der Waals surface area contributed by atoms with Crippen molar-refractivity contribution in [1.29, 1.82) is 0 Å². The highest BCUT2D eigenvalue weighted by Gasteiger charge is 2.25. The van der Waals surface area contributed by atoms with Crippen molar-refractivity contribution in [1.82, 2.24) is 5.32 Å². The Morgan fingerprint density at radius 3 is 2.84 bits per heavy atom. The molecular formula is C16H24BrNO. The minimum Gasteiger partial charge on any atom is -0.490 e. The minimum atomic E-state index is 0.399. The first-order valence-corrected chi connectivity index (χ1v) is 8.13. The van der Waals surface area contributed by atoms with Crippen LogP contribution < -0.4 is 10.1 Å². The summed E-state index contributed by atoms with van der Waals surface area (Å²) >= 11 is 3.53. The van der Waals surface area contributed by atoms with Gasteiger partial charge in [0.15, 0.2) is 0 Å². The first kappa shape index (κ1) is 14.9. The summed E-state index contributed by atoms with van der Waals surface area (Å²) in [6, 6.07) is 6.31. The van der Waals surface area contributed by atoms with Crippen LogP contribution in [0.3, 0.4) is 0 Å². The molecule has 3 heteroatoms. The van der Waals surface area contributed by atoms with Gasteiger partial charge in [0.1, 0.15) is 11.9 Å². The Kier molecular flexibility index (Phi) is 5.71. The Morgan fingerprint density at radius 2 is 2.11 bits per heavy atom. The Bertz CT molecular complexity index is 408. The van der Waals surface area contributed by atoms with Gasteiger partial charge in [0.05, 0.1) is 0 Å². The molecule has 2 nitrogen and oxygen atoms in total. The van der Waals surface area contributed by atoms with E-state index in [1.807, 2.05) is 7.05 Å². The summed E-state index contributed by atoms with van der Waals surface area (Å²) in [7, 11) is 1.97. The van der Waals surface area contributed by atoms with E-state index in [4.69, 9.17) is 4.74 Å². The van der Waals surface area contributed by atoms with Crippen molar-refractivity contribution in [2.45, 2.75) is 51.7 Å². The highest BCUT2D eigenvalue weighted by molar-refractivity contribution is 9.10. The summed E-state index contributed by atoms with van der Waals surface area (Å²) in [6.07, 6.45) is 6.81. The molecule has 0 amide bonds. The maximum absolute atomic E-state index is 6.34. The maximum Gasteiger partial charge on any atom is 0.124 e. The Morgan fingerprint density at radius 1 is 1.32 bits per heavy atom. The number of hydrogen-bond donors (Lipinski definition) is 1. The molecule has 2 unspecified atom stereocenters. The maximum atomic E-state index is 6.34. The summed E-state index contributed by atoms with van der Waals surface area (Å²) < 4.78 is 7.45. The molecule has 0 bridgehead atoms. The molecule has 1 aliphatic carbocycles. The lowest BCUT2D eigenvalue weighted by molar-refractivity contribution is 0.0893. The lowest BCUT2D eigenvalue weighted by Crippen LogP contribution is -2.30. The quantitative estimate of drug-likeness (QED) is 0.859. The fourth-order valence-corrected chi connectivity index (χ4v) is 3.36. The molecule has 0 spiro atoms. The highest BCUT2D eigenvalue weighted by atomic mass is 79.9. The van der Waals surface area contributed by atoms with Crippen molar-refractivity contribution in [3.63, 3.8) is 0 Å². The van der Waals surface area contributed by atoms with E-state index in [-0.39, 0.29) is 0 Å². The number of ether oxygens (including phenoxy) is 1. The smallest absolute Gasteiger partial charge is 0.124 e. The van der Waals surface area contributed by atoms with Crippen molar-refractivity contribution in [2.24, 2.45) is 5.92 Å². The van der Waals surface area contributed by atoms with Gasteiger partial charge in [-0.2, -0.15) is 0 Å². The standard InChI is InChI=1S/C16H24BrNO/c1-3-12-6-4-5-7-15(12)19-16-9-8-14(17)10-13(16)11-18-2/h8-10,12,15,18H,3-7,11H2,1-2H3. The molecule has 1 saturated carbocycles. The first-order valence-electron chi connectivity index (χ1n) is 7.34. The van der Waals surface area contributed by atoms with Crippen LogP contribution in [0.4, 0.5) is 0 Å². The van der Waals surface area contributed by atoms with Crippen LogP contribution in [0.2, 0.25) is 0 Å². The molecule has 2 atom stereocenters. The van der Waals surface area contributed by atoms with E-state index in [9.17, 15) is 0 Å². The summed E-state index contributed by atoms with van der Waals surface area (Å²) in [4.78, 5) is 0. The predicted octanol–water partition coefficient (Wildman–Crippen LogP) is 4.52. The van der Waals surface area contributed by atoms with Crippen molar-refractivity contribution >= 4 is 15.9 Å². The van der Waals surface area contributed by atoms with Crippen molar-refractivity contribution in [3.8, 4) is 5.75 Å². The average molecular weight is 326 g/mol. The summed E-state index contributed by atoms with van der Waals surface area (Å²) in [5.74, 6) is 1.77. The number of hydrogen-bond acceptors (Lipinski definition) is 2. The third-order valence-electron chi connectivity index (χ3n) is 4.03. The molecule has 106 valence electrons. The van der Waals surface area contributed by atoms with Crippen molar-refractivity contribution < 1.29 is 4.74 Å². The SMILES string of the molecule is CCC1CCCCC1Oc1ccc(Br)cc1CNC. The summed E-state index contributed by atoms with van der Waals surface area (Å²) in [6.45, 7) is 3.13. The Balaban J connectivity index is 2.12. The van der Waals surface area contributed by atoms with E-state index in [1.165, 1.54) is 37.7 Å². The van der Waals surface area contributed by atoms with Gasteiger partial charge in [-0.15, -0.1) is 0 Å². The van der Waals surface area contributed by atoms with Gasteiger partial charge >= 0.3 is 0 Å². The molecule has 0 aromatic heterocycles. The number of rotatable bonds is 5. The lowest BCUT2D eigenvalue weighted by atomic mass is 9.84. The fourth-order valence-electron chi connectivity index (χ4n) is 2.95. The number of halogens is 1. The molecule has 1 aromatic carbocycles. The van der Waals surface area contributed by atoms with E-state index in [0.717, 1.165) is 22.7 Å². The molecule has 2 rings (SSSR count). The minimum absolute atomic E-state index is 0.399. The molecule has 0 aliphatic heterocycles. The molecule has 0 heterocycles. The van der Waals surface area contributed by atoms with Crippen LogP contribution in [-0.4, -0.2) is 13.2 Å². The third-order valence-corrected chi connectivity index (χ3v) is 4.53. The third kappa shape index (κ3) is 3.96. The molecular weight excluding hydrogens is 302 g/mol. The van der Waals surface area contributed by atoms with Crippen LogP contribution in [0.5, 0.6) is 5.75 Å². The van der Waals surface area contributed by atoms with Crippen LogP contribution in [0.1, 0.15) is 44.6 Å². The van der Waals surface area contributed by atoms with E-state index >= 15 is 0 Å². The Hall–Kier alpha value is -0.540. The molecule has 0 saturated heterocycles. The van der Waals surface area contributed by atoms with Gasteiger partial charge in [0.25, 0.3) is 0 Å². The van der Waals surface area contributed by atoms with E-state index < -0.39 is 0 Å². The molecule has 1 aromatic rings. The molecule has 19 heavy (non-hydrogen) atoms. The van der Waals surface area contributed by atoms with E-state index in [0.29, 0.717) is 6.10 Å². The number of nitrogens with one attached hydrogen (secondary N) is 1. The van der Waals surface area contributed by atoms with Gasteiger partial charge in [-0.1, -0.05) is 29.3 Å². The normalized spacial score (nSPS) is 23.3. The van der Waals surface area contributed by atoms with Gasteiger partial charge in [0.2, 0.25) is 0 Å². The van der Waals surface area contributed by atoms with Crippen LogP contribution in [0.25, 0.3) is 0 Å². The second-order valence-electron chi connectivity index (χ2n) is 5.39. The van der Waals surface area contributed by atoms with Crippen molar-refractivity contribution in [2.75, 3.05) is 7.05 Å². The molecule has 1 N–H and O–H groups in total. The van der Waals surface area contributed by atoms with Crippen LogP contribution >= 0.6 is 15.9 Å². The fraction of sp³-hybridized carbons (Fsp3) is 0.625. The molecule has 1 fully saturated rings. The van der Waals surface area contributed by atoms with Crippen LogP contribution in [0, 0.1) is 5.92 Å². The monoisotopic (exact) mass is 325 g/mol. The summed E-state index contributed by atoms with van der Waals surface area (Å²) in [5.41, 5.74) is 1.23. The second kappa shape index (κ2) is 7.30. The lowest BCUT2D eigenvalue weighted by Gasteiger charge is -2.32. The molecule has 1 aliphatic rings. The van der Waals surface area contributed by atoms with E-state index in [2.05, 4.69) is 46.4 Å². The Labute approximate surface area is 125 Å². The van der Waals surface area contributed by atoms with Gasteiger partial charge in [-0.3, -0.25) is 0 Å². The van der Waals surface area contributed by atoms with Crippen LogP contribution in [-0.2, 0) is 6.54 Å². The first-order chi connectivity index (χ1) is 9.24. The summed E-state index contributed by atoms with van der Waals surface area (Å²) in [5, 5.41) is 3.21. The predicted molar refractivity (Wildman–Crippen MR) is 83.6 cm³/mol. The van der Waals surface area contributed by atoms with E-state index in [1.54, 1.807) is 0 Å². The average Bonchev–Trinajstić information content (AvgIpc) is 2.43. The number of benzene rings is 1. The van der Waals surface area contributed by atoms with Crippen molar-refractivity contribution in [3.05, 3.63) is 28.2 Å². The van der Waals surface area contributed by atoms with Gasteiger partial charge in [0, 0.05) is 16.6 Å². The van der Waals surface area contributed by atoms with Gasteiger partial charge in [-0.25, -0.2) is 0 Å². The van der Waals surface area contributed by atoms with Crippen LogP contribution in [0.15, 0.2) is 22.7 Å². The second-order valence-corrected chi connectivity index (χ2v) is 6.31. The zero-order chi connectivity index (χ0) is 13.7. The zero-order valence-corrected chi connectivity index (χ0v) is 13.5. The molecule has 0 radical (unpaired) electrons.